The maximum atomic E-state index is 14.7. The van der Waals surface area contributed by atoms with Gasteiger partial charge >= 0.3 is 0 Å². The molecule has 1 N–H and O–H groups in total. The van der Waals surface area contributed by atoms with Crippen LogP contribution in [0.4, 0.5) is 15.8 Å². The van der Waals surface area contributed by atoms with Gasteiger partial charge in [-0.15, -0.1) is 0 Å². The predicted octanol–water partition coefficient (Wildman–Crippen LogP) is 8.21. The molecule has 0 aromatic heterocycles. The van der Waals surface area contributed by atoms with Gasteiger partial charge in [-0.05, 0) is 92.8 Å². The first-order valence-corrected chi connectivity index (χ1v) is 19.2. The van der Waals surface area contributed by atoms with Crippen molar-refractivity contribution in [2.45, 2.75) is 32.6 Å². The number of nitrogens with zero attached hydrogens (tertiary/aromatic N) is 2. The number of imide groups is 2. The molecule has 0 radical (unpaired) electrons. The van der Waals surface area contributed by atoms with Gasteiger partial charge in [0.15, 0.2) is 11.5 Å². The zero-order valence-corrected chi connectivity index (χ0v) is 32.5. The van der Waals surface area contributed by atoms with Crippen LogP contribution in [-0.4, -0.2) is 49.6 Å². The molecule has 4 amide bonds. The number of amides is 4. The lowest BCUT2D eigenvalue weighted by atomic mass is 9.51. The monoisotopic (exact) mass is 790 g/mol. The van der Waals surface area contributed by atoms with Crippen LogP contribution in [0.1, 0.15) is 49.3 Å². The van der Waals surface area contributed by atoms with Crippen LogP contribution in [0.2, 0.25) is 5.02 Å². The zero-order valence-electron chi connectivity index (χ0n) is 31.7. The molecule has 2 aliphatic carbocycles. The van der Waals surface area contributed by atoms with E-state index in [1.807, 2.05) is 48.6 Å². The quantitative estimate of drug-likeness (QED) is 0.102. The Hall–Kier alpha value is -5.94. The van der Waals surface area contributed by atoms with Gasteiger partial charge in [0.2, 0.25) is 23.6 Å². The van der Waals surface area contributed by atoms with Gasteiger partial charge in [0.25, 0.3) is 0 Å². The van der Waals surface area contributed by atoms with E-state index in [0.717, 1.165) is 22.1 Å². The highest BCUT2D eigenvalue weighted by atomic mass is 35.5. The number of phenolic OH excluding ortho intramolecular Hbond substituents is 1. The van der Waals surface area contributed by atoms with Gasteiger partial charge in [-0.2, -0.15) is 0 Å². The van der Waals surface area contributed by atoms with E-state index < -0.39 is 58.5 Å². The number of ether oxygens (including phenoxy) is 3. The first-order chi connectivity index (χ1) is 27.4. The Balaban J connectivity index is 1.16. The minimum absolute atomic E-state index is 0.103. The number of carbonyl (C=O) groups is 4. The number of carbonyl (C=O) groups excluding carboxylic acids is 4. The molecule has 3 fully saturated rings. The molecule has 4 aromatic carbocycles. The fraction of sp³-hybridized carbons (Fsp3) is 0.289. The largest absolute Gasteiger partial charge is 0.504 e. The molecule has 2 saturated heterocycles. The van der Waals surface area contributed by atoms with Crippen LogP contribution in [0, 0.1) is 34.9 Å². The molecule has 4 aliphatic rings. The number of allylic oxidation sites excluding steroid dienone is 2. The van der Waals surface area contributed by atoms with E-state index in [4.69, 9.17) is 25.8 Å². The van der Waals surface area contributed by atoms with Gasteiger partial charge in [-0.3, -0.25) is 24.1 Å². The number of rotatable bonds is 9. The summed E-state index contributed by atoms with van der Waals surface area (Å²) in [6, 6.07) is 21.3. The lowest BCUT2D eigenvalue weighted by molar-refractivity contribution is -0.131. The number of fused-ring (bicyclic) bond motifs is 4. The molecule has 57 heavy (non-hydrogen) atoms. The summed E-state index contributed by atoms with van der Waals surface area (Å²) in [7, 11) is 3.18. The maximum absolute atomic E-state index is 14.7. The van der Waals surface area contributed by atoms with E-state index in [1.165, 1.54) is 17.0 Å². The van der Waals surface area contributed by atoms with Crippen molar-refractivity contribution in [2.75, 3.05) is 30.6 Å². The number of para-hydroxylation sites is 1. The van der Waals surface area contributed by atoms with Crippen molar-refractivity contribution < 1.29 is 42.9 Å². The lowest BCUT2D eigenvalue weighted by Crippen LogP contribution is -2.48. The molecule has 292 valence electrons. The van der Waals surface area contributed by atoms with Crippen LogP contribution in [0.3, 0.4) is 0 Å². The third-order valence-corrected chi connectivity index (χ3v) is 12.4. The van der Waals surface area contributed by atoms with Crippen LogP contribution in [-0.2, 0) is 19.2 Å². The summed E-state index contributed by atoms with van der Waals surface area (Å²) in [5.74, 6) is -5.06. The molecular formula is C45H40ClFN2O8. The Morgan fingerprint density at radius 3 is 2.32 bits per heavy atom. The van der Waals surface area contributed by atoms with Crippen LogP contribution in [0.15, 0.2) is 90.5 Å². The number of hydrogen-bond acceptors (Lipinski definition) is 8. The van der Waals surface area contributed by atoms with E-state index in [1.54, 1.807) is 58.4 Å². The zero-order chi connectivity index (χ0) is 40.3. The third-order valence-electron chi connectivity index (χ3n) is 12.1. The van der Waals surface area contributed by atoms with E-state index in [-0.39, 0.29) is 47.6 Å². The smallest absolute Gasteiger partial charge is 0.241 e. The van der Waals surface area contributed by atoms with Crippen LogP contribution < -0.4 is 24.0 Å². The third kappa shape index (κ3) is 5.98. The van der Waals surface area contributed by atoms with Crippen molar-refractivity contribution in [2.24, 2.45) is 29.1 Å². The number of halogens is 2. The molecule has 8 rings (SSSR count). The summed E-state index contributed by atoms with van der Waals surface area (Å²) in [5.41, 5.74) is 1.81. The van der Waals surface area contributed by atoms with Crippen LogP contribution in [0.5, 0.6) is 23.0 Å². The number of benzene rings is 4. The SMILES string of the molecule is CCOc1cccc(C2C3=CCC4C(=O)N(c5ccc(C=Cc6cc(OC)ccc6OC)cc5)C(=O)C4C3CC3C(=O)N(c4ccc(F)c(Cl)c4)C(=O)C32C)c1O. The Bertz CT molecular complexity index is 2390. The molecule has 6 atom stereocenters. The normalized spacial score (nSPS) is 25.4. The van der Waals surface area contributed by atoms with Crippen molar-refractivity contribution >= 4 is 58.8 Å². The highest BCUT2D eigenvalue weighted by Crippen LogP contribution is 2.65. The van der Waals surface area contributed by atoms with E-state index in [2.05, 4.69) is 0 Å². The average molecular weight is 791 g/mol. The topological polar surface area (TPSA) is 123 Å². The minimum atomic E-state index is -1.43. The minimum Gasteiger partial charge on any atom is -0.504 e. The Kier molecular flexibility index (Phi) is 9.68. The number of anilines is 2. The second-order valence-electron chi connectivity index (χ2n) is 14.9. The maximum Gasteiger partial charge on any atom is 0.241 e. The molecule has 12 heteroatoms. The second kappa shape index (κ2) is 14.5. The number of methoxy groups -OCH3 is 2. The van der Waals surface area contributed by atoms with Gasteiger partial charge in [-0.1, -0.05) is 59.7 Å². The first kappa shape index (κ1) is 38.0. The van der Waals surface area contributed by atoms with Gasteiger partial charge in [0.05, 0.1) is 60.4 Å². The van der Waals surface area contributed by atoms with Crippen molar-refractivity contribution in [1.82, 2.24) is 0 Å². The summed E-state index contributed by atoms with van der Waals surface area (Å²) in [5, 5.41) is 11.4. The Labute approximate surface area is 334 Å². The van der Waals surface area contributed by atoms with Crippen molar-refractivity contribution in [3.05, 3.63) is 118 Å². The fourth-order valence-electron chi connectivity index (χ4n) is 9.42. The highest BCUT2D eigenvalue weighted by Gasteiger charge is 2.68. The summed E-state index contributed by atoms with van der Waals surface area (Å²) >= 11 is 6.13. The Morgan fingerprint density at radius 1 is 0.860 bits per heavy atom. The van der Waals surface area contributed by atoms with E-state index in [9.17, 15) is 28.7 Å². The molecule has 10 nitrogen and oxygen atoms in total. The molecule has 4 aromatic rings. The molecule has 2 heterocycles. The van der Waals surface area contributed by atoms with Crippen LogP contribution in [0.25, 0.3) is 12.2 Å². The first-order valence-electron chi connectivity index (χ1n) is 18.8. The van der Waals surface area contributed by atoms with E-state index in [0.29, 0.717) is 28.3 Å². The second-order valence-corrected chi connectivity index (χ2v) is 15.3. The summed E-state index contributed by atoms with van der Waals surface area (Å²) in [6.07, 6.45) is 6.02. The molecule has 0 bridgehead atoms. The predicted molar refractivity (Wildman–Crippen MR) is 213 cm³/mol. The van der Waals surface area contributed by atoms with Gasteiger partial charge in [0.1, 0.15) is 17.3 Å². The fourth-order valence-corrected chi connectivity index (χ4v) is 9.59. The summed E-state index contributed by atoms with van der Waals surface area (Å²) < 4.78 is 30.8. The molecular weight excluding hydrogens is 751 g/mol. The van der Waals surface area contributed by atoms with Gasteiger partial charge in [-0.25, -0.2) is 9.29 Å². The standard InChI is InChI=1S/C45H40ClFN2O8/c1-5-57-37-8-6-7-31(40(37)50)39-29-17-18-30-38(32(29)23-33-42(52)49(44(54)45(33,39)2)27-15-19-35(47)34(46)22-27)43(53)48(41(30)51)26-13-10-24(11-14-26)9-12-25-21-28(55-3)16-20-36(25)56-4/h6-17,19-22,30,32-33,38-39,50H,5,18,23H2,1-4H3. The summed E-state index contributed by atoms with van der Waals surface area (Å²) in [6.45, 7) is 3.76. The highest BCUT2D eigenvalue weighted by molar-refractivity contribution is 6.32. The summed E-state index contributed by atoms with van der Waals surface area (Å²) in [4.78, 5) is 60.3. The molecule has 1 saturated carbocycles. The van der Waals surface area contributed by atoms with Crippen molar-refractivity contribution in [1.29, 1.82) is 0 Å². The number of phenols is 1. The van der Waals surface area contributed by atoms with Crippen molar-refractivity contribution in [3.8, 4) is 23.0 Å². The van der Waals surface area contributed by atoms with Gasteiger partial charge < -0.3 is 19.3 Å². The number of aromatic hydroxyl groups is 1. The molecule has 6 unspecified atom stereocenters. The Morgan fingerprint density at radius 2 is 1.61 bits per heavy atom. The van der Waals surface area contributed by atoms with Crippen LogP contribution >= 0.6 is 11.6 Å². The average Bonchev–Trinajstić information content (AvgIpc) is 3.58. The van der Waals surface area contributed by atoms with E-state index >= 15 is 0 Å². The molecule has 0 spiro atoms. The number of hydrogen-bond donors (Lipinski definition) is 1. The van der Waals surface area contributed by atoms with Gasteiger partial charge in [0, 0.05) is 17.0 Å². The lowest BCUT2D eigenvalue weighted by Gasteiger charge is -2.49. The van der Waals surface area contributed by atoms with Crippen molar-refractivity contribution in [3.63, 3.8) is 0 Å². The molecule has 2 aliphatic heterocycles.